The van der Waals surface area contributed by atoms with Gasteiger partial charge >= 0.3 is 0 Å². The Bertz CT molecular complexity index is 1580. The maximum Gasteiger partial charge on any atom is 0.253 e. The molecule has 0 aliphatic heterocycles. The summed E-state index contributed by atoms with van der Waals surface area (Å²) in [6.07, 6.45) is 2.64. The van der Waals surface area contributed by atoms with Crippen molar-refractivity contribution >= 4 is 28.0 Å². The van der Waals surface area contributed by atoms with Crippen LogP contribution in [-0.4, -0.2) is 67.2 Å². The molecule has 5 rings (SSSR count). The highest BCUT2D eigenvalue weighted by molar-refractivity contribution is 6.05. The van der Waals surface area contributed by atoms with Crippen molar-refractivity contribution in [2.45, 2.75) is 44.3 Å². The minimum atomic E-state index is -2.66. The SMILES string of the molecule is COC/C(O)=C/C(=N)c1nnc2c3ccccc3c(OCc3ccc(C(=O)NC4CCC(F)(F)CC4)cn3)nn12. The second kappa shape index (κ2) is 11.3. The van der Waals surface area contributed by atoms with Gasteiger partial charge in [0, 0.05) is 49.0 Å². The van der Waals surface area contributed by atoms with E-state index >= 15 is 0 Å². The van der Waals surface area contributed by atoms with Gasteiger partial charge < -0.3 is 19.9 Å². The van der Waals surface area contributed by atoms with Crippen molar-refractivity contribution in [3.8, 4) is 5.88 Å². The van der Waals surface area contributed by atoms with E-state index in [1.54, 1.807) is 12.1 Å². The van der Waals surface area contributed by atoms with Crippen LogP contribution in [0.1, 0.15) is 47.6 Å². The first-order valence-electron chi connectivity index (χ1n) is 12.6. The predicted molar refractivity (Wildman–Crippen MR) is 141 cm³/mol. The van der Waals surface area contributed by atoms with Gasteiger partial charge in [0.15, 0.2) is 5.65 Å². The van der Waals surface area contributed by atoms with Gasteiger partial charge in [-0.3, -0.25) is 15.2 Å². The number of aliphatic hydroxyl groups excluding tert-OH is 1. The van der Waals surface area contributed by atoms with Crippen LogP contribution in [-0.2, 0) is 11.3 Å². The third-order valence-corrected chi connectivity index (χ3v) is 6.57. The van der Waals surface area contributed by atoms with Gasteiger partial charge in [-0.25, -0.2) is 8.78 Å². The molecule has 0 spiro atoms. The van der Waals surface area contributed by atoms with Crippen LogP contribution in [0.5, 0.6) is 5.88 Å². The first kappa shape index (κ1) is 27.1. The molecule has 1 aliphatic rings. The monoisotopic (exact) mass is 551 g/mol. The van der Waals surface area contributed by atoms with E-state index in [4.69, 9.17) is 14.9 Å². The van der Waals surface area contributed by atoms with Crippen LogP contribution >= 0.6 is 0 Å². The number of ether oxygens (including phenoxy) is 2. The van der Waals surface area contributed by atoms with Crippen molar-refractivity contribution in [3.63, 3.8) is 0 Å². The number of rotatable bonds is 9. The second-order valence-corrected chi connectivity index (χ2v) is 9.52. The van der Waals surface area contributed by atoms with Gasteiger partial charge in [-0.05, 0) is 31.0 Å². The first-order valence-corrected chi connectivity index (χ1v) is 12.6. The number of aliphatic hydroxyl groups is 1. The number of nitrogens with one attached hydrogen (secondary N) is 2. The van der Waals surface area contributed by atoms with E-state index < -0.39 is 5.92 Å². The highest BCUT2D eigenvalue weighted by Gasteiger charge is 2.35. The number of alkyl halides is 2. The summed E-state index contributed by atoms with van der Waals surface area (Å²) in [5.74, 6) is -2.81. The third-order valence-electron chi connectivity index (χ3n) is 6.57. The molecule has 0 radical (unpaired) electrons. The van der Waals surface area contributed by atoms with Gasteiger partial charge in [0.1, 0.15) is 24.7 Å². The van der Waals surface area contributed by atoms with Crippen LogP contribution in [0.2, 0.25) is 0 Å². The molecule has 40 heavy (non-hydrogen) atoms. The van der Waals surface area contributed by atoms with Crippen LogP contribution in [0.4, 0.5) is 8.78 Å². The average molecular weight is 552 g/mol. The molecule has 4 aromatic rings. The summed E-state index contributed by atoms with van der Waals surface area (Å²) >= 11 is 0. The number of carbonyl (C=O) groups excluding carboxylic acids is 1. The number of hydrogen-bond acceptors (Lipinski definition) is 9. The molecule has 0 saturated heterocycles. The lowest BCUT2D eigenvalue weighted by molar-refractivity contribution is -0.0399. The van der Waals surface area contributed by atoms with E-state index in [1.165, 1.54) is 23.9 Å². The van der Waals surface area contributed by atoms with Crippen LogP contribution in [0.25, 0.3) is 16.4 Å². The van der Waals surface area contributed by atoms with Crippen molar-refractivity contribution in [2.24, 2.45) is 0 Å². The van der Waals surface area contributed by atoms with Gasteiger partial charge in [0.25, 0.3) is 5.91 Å². The molecule has 1 amide bonds. The van der Waals surface area contributed by atoms with E-state index in [0.29, 0.717) is 27.7 Å². The number of aromatic nitrogens is 5. The fourth-order valence-electron chi connectivity index (χ4n) is 4.49. The van der Waals surface area contributed by atoms with E-state index in [-0.39, 0.29) is 74.0 Å². The Labute approximate surface area is 227 Å². The number of benzene rings is 1. The molecule has 1 aromatic carbocycles. The molecule has 208 valence electrons. The molecule has 11 nitrogen and oxygen atoms in total. The molecule has 3 aromatic heterocycles. The fourth-order valence-corrected chi connectivity index (χ4v) is 4.49. The van der Waals surface area contributed by atoms with Gasteiger partial charge in [-0.1, -0.05) is 18.2 Å². The summed E-state index contributed by atoms with van der Waals surface area (Å²) < 4.78 is 39.0. The number of allylic oxidation sites excluding steroid dienone is 1. The Kier molecular flexibility index (Phi) is 7.65. The number of nitrogens with zero attached hydrogens (tertiary/aromatic N) is 5. The molecule has 0 bridgehead atoms. The van der Waals surface area contributed by atoms with Crippen molar-refractivity contribution in [1.29, 1.82) is 5.41 Å². The molecule has 1 saturated carbocycles. The first-order chi connectivity index (χ1) is 19.2. The molecule has 1 fully saturated rings. The summed E-state index contributed by atoms with van der Waals surface area (Å²) in [5.41, 5.74) is 1.15. The average Bonchev–Trinajstić information content (AvgIpc) is 3.37. The Morgan fingerprint density at radius 3 is 2.65 bits per heavy atom. The quantitative estimate of drug-likeness (QED) is 0.209. The molecule has 3 N–H and O–H groups in total. The highest BCUT2D eigenvalue weighted by atomic mass is 19.3. The van der Waals surface area contributed by atoms with E-state index in [1.807, 2.05) is 24.3 Å². The molecular weight excluding hydrogens is 524 g/mol. The highest BCUT2D eigenvalue weighted by Crippen LogP contribution is 2.33. The minimum Gasteiger partial charge on any atom is -0.510 e. The molecular formula is C27H27F2N7O4. The topological polar surface area (TPSA) is 148 Å². The predicted octanol–water partition coefficient (Wildman–Crippen LogP) is 4.02. The summed E-state index contributed by atoms with van der Waals surface area (Å²) in [4.78, 5) is 16.9. The number of methoxy groups -OCH3 is 1. The summed E-state index contributed by atoms with van der Waals surface area (Å²) in [5, 5.41) is 35.2. The standard InChI is InChI=1S/C27H27F2N7O4/c1-39-15-19(37)12-22(30)24-34-33-23-20-4-2-3-5-21(20)26(35-36(23)24)40-14-18-7-6-16(13-31-18)25(38)32-17-8-10-27(28,29)11-9-17/h2-7,12-13,17,30,37H,8-11,14-15H2,1H3,(H,32,38)/b19-12-,30-22?. The molecule has 0 atom stereocenters. The van der Waals surface area contributed by atoms with Crippen LogP contribution in [0, 0.1) is 5.41 Å². The fraction of sp³-hybridized carbons (Fsp3) is 0.333. The zero-order valence-corrected chi connectivity index (χ0v) is 21.6. The number of pyridine rings is 1. The van der Waals surface area contributed by atoms with Gasteiger partial charge in [0.05, 0.1) is 11.3 Å². The maximum absolute atomic E-state index is 13.4. The molecule has 3 heterocycles. The van der Waals surface area contributed by atoms with Crippen LogP contribution < -0.4 is 10.1 Å². The number of amides is 1. The lowest BCUT2D eigenvalue weighted by atomic mass is 9.92. The molecule has 1 aliphatic carbocycles. The maximum atomic E-state index is 13.4. The molecule has 0 unspecified atom stereocenters. The van der Waals surface area contributed by atoms with E-state index in [0.717, 1.165) is 0 Å². The van der Waals surface area contributed by atoms with Crippen molar-refractivity contribution in [2.75, 3.05) is 13.7 Å². The number of carbonyl (C=O) groups is 1. The van der Waals surface area contributed by atoms with Crippen LogP contribution in [0.15, 0.2) is 54.4 Å². The normalized spacial score (nSPS) is 15.8. The van der Waals surface area contributed by atoms with Crippen molar-refractivity contribution in [1.82, 2.24) is 30.1 Å². The Hall–Kier alpha value is -4.52. The summed E-state index contributed by atoms with van der Waals surface area (Å²) in [6, 6.07) is 10.3. The lowest BCUT2D eigenvalue weighted by Gasteiger charge is -2.28. The Balaban J connectivity index is 1.32. The van der Waals surface area contributed by atoms with Gasteiger partial charge in [0.2, 0.25) is 17.6 Å². The van der Waals surface area contributed by atoms with E-state index in [2.05, 4.69) is 25.6 Å². The van der Waals surface area contributed by atoms with Gasteiger partial charge in [-0.15, -0.1) is 15.3 Å². The third kappa shape index (κ3) is 5.88. The largest absolute Gasteiger partial charge is 0.510 e. The summed E-state index contributed by atoms with van der Waals surface area (Å²) in [6.45, 7) is -0.0255. The zero-order valence-electron chi connectivity index (χ0n) is 21.6. The smallest absolute Gasteiger partial charge is 0.253 e. The van der Waals surface area contributed by atoms with Crippen LogP contribution in [0.3, 0.4) is 0 Å². The zero-order chi connectivity index (χ0) is 28.3. The number of hydrogen-bond donors (Lipinski definition) is 3. The summed E-state index contributed by atoms with van der Waals surface area (Å²) in [7, 11) is 1.43. The lowest BCUT2D eigenvalue weighted by Crippen LogP contribution is -2.40. The number of fused-ring (bicyclic) bond motifs is 3. The molecule has 13 heteroatoms. The van der Waals surface area contributed by atoms with Crippen molar-refractivity contribution < 1.29 is 28.2 Å². The van der Waals surface area contributed by atoms with E-state index in [9.17, 15) is 18.7 Å². The number of halogens is 2. The Morgan fingerprint density at radius 1 is 1.20 bits per heavy atom. The van der Waals surface area contributed by atoms with Crippen molar-refractivity contribution in [3.05, 3.63) is 71.5 Å². The van der Waals surface area contributed by atoms with Gasteiger partial charge in [-0.2, -0.15) is 4.52 Å². The Morgan fingerprint density at radius 2 is 1.95 bits per heavy atom. The minimum absolute atomic E-state index is 0.0333. The second-order valence-electron chi connectivity index (χ2n) is 9.52.